The largest absolute Gasteiger partial charge is 0.496 e. The number of carbonyl (C=O) groups excluding carboxylic acids is 1. The lowest BCUT2D eigenvalue weighted by Crippen LogP contribution is -2.10. The minimum absolute atomic E-state index is 0.270. The quantitative estimate of drug-likeness (QED) is 0.794. The van der Waals surface area contributed by atoms with Crippen molar-refractivity contribution in [1.29, 1.82) is 0 Å². The molecule has 0 saturated carbocycles. The number of esters is 1. The number of aryl methyl sites for hydroxylation is 2. The number of hydrogen-bond acceptors (Lipinski definition) is 3. The molecule has 0 fully saturated rings. The molecular weight excluding hydrogens is 334 g/mol. The van der Waals surface area contributed by atoms with E-state index in [2.05, 4.69) is 26.6 Å². The average molecular weight is 350 g/mol. The van der Waals surface area contributed by atoms with E-state index in [1.54, 1.807) is 7.11 Å². The minimum Gasteiger partial charge on any atom is -0.496 e. The zero-order valence-corrected chi connectivity index (χ0v) is 13.6. The third-order valence-corrected chi connectivity index (χ3v) is 4.30. The van der Waals surface area contributed by atoms with Gasteiger partial charge in [-0.3, -0.25) is 0 Å². The Bertz CT molecular complexity index is 706. The van der Waals surface area contributed by atoms with Crippen LogP contribution in [0.25, 0.3) is 11.3 Å². The van der Waals surface area contributed by atoms with Crippen LogP contribution in [-0.4, -0.2) is 24.3 Å². The highest BCUT2D eigenvalue weighted by Gasteiger charge is 2.21. The first-order valence-corrected chi connectivity index (χ1v) is 7.67. The van der Waals surface area contributed by atoms with E-state index in [1.807, 2.05) is 25.3 Å². The highest BCUT2D eigenvalue weighted by atomic mass is 79.9. The summed E-state index contributed by atoms with van der Waals surface area (Å²) in [5.41, 5.74) is 4.01. The predicted octanol–water partition coefficient (Wildman–Crippen LogP) is 3.66. The Kier molecular flexibility index (Phi) is 3.76. The van der Waals surface area contributed by atoms with E-state index in [4.69, 9.17) is 9.47 Å². The van der Waals surface area contributed by atoms with E-state index in [-0.39, 0.29) is 5.97 Å². The monoisotopic (exact) mass is 349 g/mol. The molecule has 21 heavy (non-hydrogen) atoms. The fraction of sp³-hybridized carbons (Fsp3) is 0.312. The highest BCUT2D eigenvalue weighted by molar-refractivity contribution is 9.10. The van der Waals surface area contributed by atoms with Crippen LogP contribution in [0.2, 0.25) is 0 Å². The number of fused-ring (bicyclic) bond motifs is 3. The molecule has 0 amide bonds. The van der Waals surface area contributed by atoms with Crippen molar-refractivity contribution in [1.82, 2.24) is 4.57 Å². The van der Waals surface area contributed by atoms with E-state index in [0.717, 1.165) is 34.4 Å². The summed E-state index contributed by atoms with van der Waals surface area (Å²) < 4.78 is 13.4. The fourth-order valence-electron chi connectivity index (χ4n) is 2.69. The number of carbonyl (C=O) groups is 1. The molecule has 1 aliphatic rings. The van der Waals surface area contributed by atoms with Crippen molar-refractivity contribution in [2.45, 2.75) is 19.9 Å². The lowest BCUT2D eigenvalue weighted by molar-refractivity contribution is 0.0526. The Labute approximate surface area is 131 Å². The summed E-state index contributed by atoms with van der Waals surface area (Å²) in [7, 11) is 1.66. The molecule has 0 unspecified atom stereocenters. The summed E-state index contributed by atoms with van der Waals surface area (Å²) >= 11 is 3.52. The molecule has 0 N–H and O–H groups in total. The smallest absolute Gasteiger partial charge is 0.339 e. The van der Waals surface area contributed by atoms with Gasteiger partial charge in [0.2, 0.25) is 0 Å². The summed E-state index contributed by atoms with van der Waals surface area (Å²) in [6, 6.07) is 6.00. The van der Waals surface area contributed by atoms with Crippen molar-refractivity contribution in [2.75, 3.05) is 13.7 Å². The first-order chi connectivity index (χ1) is 10.1. The van der Waals surface area contributed by atoms with E-state index in [0.29, 0.717) is 12.2 Å². The molecule has 0 atom stereocenters. The maximum absolute atomic E-state index is 11.9. The van der Waals surface area contributed by atoms with Crippen LogP contribution >= 0.6 is 15.9 Å². The van der Waals surface area contributed by atoms with Gasteiger partial charge in [-0.15, -0.1) is 0 Å². The van der Waals surface area contributed by atoms with Gasteiger partial charge in [0.15, 0.2) is 0 Å². The Morgan fingerprint density at radius 1 is 1.38 bits per heavy atom. The fourth-order valence-corrected chi connectivity index (χ4v) is 3.19. The number of nitrogens with zero attached hydrogens (tertiary/aromatic N) is 1. The molecule has 110 valence electrons. The summed E-state index contributed by atoms with van der Waals surface area (Å²) in [6.07, 6.45) is 2.79. The molecule has 0 radical (unpaired) electrons. The normalized spacial score (nSPS) is 12.5. The number of halogens is 1. The second kappa shape index (κ2) is 5.56. The Hall–Kier alpha value is -1.75. The van der Waals surface area contributed by atoms with Crippen molar-refractivity contribution in [3.8, 4) is 17.0 Å². The Morgan fingerprint density at radius 3 is 2.90 bits per heavy atom. The van der Waals surface area contributed by atoms with Crippen LogP contribution in [0.5, 0.6) is 5.75 Å². The van der Waals surface area contributed by atoms with Crippen LogP contribution in [0.4, 0.5) is 0 Å². The van der Waals surface area contributed by atoms with Gasteiger partial charge in [-0.05, 0) is 53.0 Å². The van der Waals surface area contributed by atoms with Gasteiger partial charge >= 0.3 is 5.97 Å². The molecule has 2 aromatic rings. The molecular formula is C16H16BrNO3. The number of methoxy groups -OCH3 is 1. The molecule has 0 spiro atoms. The van der Waals surface area contributed by atoms with Crippen LogP contribution in [-0.2, 0) is 17.7 Å². The van der Waals surface area contributed by atoms with E-state index in [1.165, 1.54) is 5.56 Å². The SMILES string of the molecule is CCOC(=O)c1cc2n(c1)CCc1cc(OC)c(Br)cc1-2. The zero-order valence-electron chi connectivity index (χ0n) is 12.0. The maximum Gasteiger partial charge on any atom is 0.339 e. The number of aromatic nitrogens is 1. The number of rotatable bonds is 3. The predicted molar refractivity (Wildman–Crippen MR) is 83.8 cm³/mol. The lowest BCUT2D eigenvalue weighted by atomic mass is 9.98. The van der Waals surface area contributed by atoms with Crippen LogP contribution in [0.1, 0.15) is 22.8 Å². The third-order valence-electron chi connectivity index (χ3n) is 3.68. The Balaban J connectivity index is 2.06. The van der Waals surface area contributed by atoms with Gasteiger partial charge in [-0.25, -0.2) is 4.79 Å². The molecule has 1 aliphatic heterocycles. The first-order valence-electron chi connectivity index (χ1n) is 6.88. The van der Waals surface area contributed by atoms with Gasteiger partial charge in [-0.2, -0.15) is 0 Å². The van der Waals surface area contributed by atoms with Gasteiger partial charge in [0.25, 0.3) is 0 Å². The van der Waals surface area contributed by atoms with Gasteiger partial charge in [0, 0.05) is 24.0 Å². The van der Waals surface area contributed by atoms with Crippen LogP contribution < -0.4 is 4.74 Å². The Morgan fingerprint density at radius 2 is 2.19 bits per heavy atom. The molecule has 2 heterocycles. The summed E-state index contributed by atoms with van der Waals surface area (Å²) in [5, 5.41) is 0. The zero-order chi connectivity index (χ0) is 15.0. The average Bonchev–Trinajstić information content (AvgIpc) is 2.91. The molecule has 1 aromatic heterocycles. The molecule has 0 saturated heterocycles. The first kappa shape index (κ1) is 14.2. The van der Waals surface area contributed by atoms with Crippen molar-refractivity contribution < 1.29 is 14.3 Å². The summed E-state index contributed by atoms with van der Waals surface area (Å²) in [5.74, 6) is 0.563. The van der Waals surface area contributed by atoms with Gasteiger partial charge in [-0.1, -0.05) is 0 Å². The lowest BCUT2D eigenvalue weighted by Gasteiger charge is -2.20. The van der Waals surface area contributed by atoms with Gasteiger partial charge in [0.05, 0.1) is 23.8 Å². The molecule has 3 rings (SSSR count). The standard InChI is InChI=1S/C16H16BrNO3/c1-3-21-16(19)11-6-14-12-8-13(17)15(20-2)7-10(12)4-5-18(14)9-11/h6-9H,3-5H2,1-2H3. The molecule has 0 bridgehead atoms. The van der Waals surface area contributed by atoms with Crippen LogP contribution in [0.3, 0.4) is 0 Å². The third kappa shape index (κ3) is 2.46. The molecule has 0 aliphatic carbocycles. The van der Waals surface area contributed by atoms with Crippen molar-refractivity contribution >= 4 is 21.9 Å². The molecule has 1 aromatic carbocycles. The second-order valence-corrected chi connectivity index (χ2v) is 5.78. The number of ether oxygens (including phenoxy) is 2. The highest BCUT2D eigenvalue weighted by Crippen LogP contribution is 2.37. The molecule has 4 nitrogen and oxygen atoms in total. The van der Waals surface area contributed by atoms with Crippen molar-refractivity contribution in [3.05, 3.63) is 40.0 Å². The van der Waals surface area contributed by atoms with Crippen LogP contribution in [0, 0.1) is 0 Å². The van der Waals surface area contributed by atoms with E-state index >= 15 is 0 Å². The second-order valence-electron chi connectivity index (χ2n) is 4.92. The number of benzene rings is 1. The summed E-state index contributed by atoms with van der Waals surface area (Å²) in [4.78, 5) is 11.9. The van der Waals surface area contributed by atoms with Crippen molar-refractivity contribution in [3.63, 3.8) is 0 Å². The van der Waals surface area contributed by atoms with Gasteiger partial charge in [0.1, 0.15) is 5.75 Å². The molecule has 5 heteroatoms. The summed E-state index contributed by atoms with van der Waals surface area (Å²) in [6.45, 7) is 3.05. The van der Waals surface area contributed by atoms with Crippen molar-refractivity contribution in [2.24, 2.45) is 0 Å². The van der Waals surface area contributed by atoms with E-state index in [9.17, 15) is 4.79 Å². The topological polar surface area (TPSA) is 40.5 Å². The number of hydrogen-bond donors (Lipinski definition) is 0. The van der Waals surface area contributed by atoms with Crippen LogP contribution in [0.15, 0.2) is 28.9 Å². The minimum atomic E-state index is -0.270. The van der Waals surface area contributed by atoms with Gasteiger partial charge < -0.3 is 14.0 Å². The maximum atomic E-state index is 11.9. The van der Waals surface area contributed by atoms with E-state index < -0.39 is 0 Å².